The summed E-state index contributed by atoms with van der Waals surface area (Å²) in [5.74, 6) is -2.11. The van der Waals surface area contributed by atoms with Gasteiger partial charge in [-0.3, -0.25) is 9.59 Å². The lowest BCUT2D eigenvalue weighted by Gasteiger charge is -2.18. The van der Waals surface area contributed by atoms with E-state index in [1.54, 1.807) is 19.2 Å². The Balaban J connectivity index is 2.17. The minimum absolute atomic E-state index is 0.0987. The first-order chi connectivity index (χ1) is 10.3. The van der Waals surface area contributed by atoms with Crippen molar-refractivity contribution in [2.45, 2.75) is 26.3 Å². The number of carbonyl (C=O) groups is 3. The maximum atomic E-state index is 12.2. The van der Waals surface area contributed by atoms with Crippen LogP contribution >= 0.6 is 0 Å². The van der Waals surface area contributed by atoms with Crippen LogP contribution in [0, 0.1) is 19.8 Å². The Labute approximate surface area is 129 Å². The average molecular weight is 304 g/mol. The van der Waals surface area contributed by atoms with Crippen LogP contribution in [-0.2, 0) is 14.4 Å². The first-order valence-corrected chi connectivity index (χ1v) is 7.13. The molecule has 0 aromatic heterocycles. The molecule has 0 aliphatic carbocycles. The van der Waals surface area contributed by atoms with E-state index in [1.165, 1.54) is 4.90 Å². The maximum absolute atomic E-state index is 12.2. The molecule has 1 heterocycles. The predicted molar refractivity (Wildman–Crippen MR) is 80.2 cm³/mol. The van der Waals surface area contributed by atoms with Gasteiger partial charge in [-0.05, 0) is 19.4 Å². The molecule has 6 heteroatoms. The van der Waals surface area contributed by atoms with Gasteiger partial charge in [0, 0.05) is 20.0 Å². The monoisotopic (exact) mass is 304 g/mol. The number of benzene rings is 1. The molecule has 0 radical (unpaired) electrons. The van der Waals surface area contributed by atoms with Crippen molar-refractivity contribution >= 4 is 17.8 Å². The van der Waals surface area contributed by atoms with Crippen LogP contribution in [0.2, 0.25) is 0 Å². The third kappa shape index (κ3) is 3.44. The minimum atomic E-state index is -1.11. The second kappa shape index (κ2) is 6.17. The molecule has 1 fully saturated rings. The molecule has 1 saturated heterocycles. The molecule has 1 aliphatic heterocycles. The molecule has 0 bridgehead atoms. The normalized spacial score (nSPS) is 19.1. The van der Waals surface area contributed by atoms with E-state index in [4.69, 9.17) is 0 Å². The first-order valence-electron chi connectivity index (χ1n) is 7.13. The van der Waals surface area contributed by atoms with Gasteiger partial charge in [-0.15, -0.1) is 0 Å². The first kappa shape index (κ1) is 16.0. The van der Waals surface area contributed by atoms with Crippen LogP contribution in [0.4, 0.5) is 0 Å². The van der Waals surface area contributed by atoms with E-state index in [2.05, 4.69) is 5.32 Å². The summed E-state index contributed by atoms with van der Waals surface area (Å²) in [6, 6.07) is 4.33. The number of hydrogen-bond donors (Lipinski definition) is 2. The van der Waals surface area contributed by atoms with Gasteiger partial charge in [-0.2, -0.15) is 0 Å². The topological polar surface area (TPSA) is 86.7 Å². The van der Waals surface area contributed by atoms with Crippen LogP contribution in [0.25, 0.3) is 0 Å². The summed E-state index contributed by atoms with van der Waals surface area (Å²) in [6.07, 6.45) is 0.127. The van der Waals surface area contributed by atoms with Gasteiger partial charge in [0.1, 0.15) is 0 Å². The molecular formula is C16H20N2O4. The van der Waals surface area contributed by atoms with Crippen molar-refractivity contribution in [1.29, 1.82) is 0 Å². The van der Waals surface area contributed by atoms with Crippen LogP contribution in [0.15, 0.2) is 18.2 Å². The van der Waals surface area contributed by atoms with E-state index in [0.717, 1.165) is 11.1 Å². The van der Waals surface area contributed by atoms with Crippen LogP contribution < -0.4 is 5.32 Å². The Morgan fingerprint density at radius 3 is 2.32 bits per heavy atom. The summed E-state index contributed by atoms with van der Waals surface area (Å²) in [5, 5.41) is 12.0. The SMILES string of the molecule is Cc1cc(C)cc(C(NC(=O)C2CC(=O)N(C)C2)C(=O)O)c1. The summed E-state index contributed by atoms with van der Waals surface area (Å²) in [4.78, 5) is 36.7. The molecule has 0 saturated carbocycles. The van der Waals surface area contributed by atoms with E-state index in [-0.39, 0.29) is 12.3 Å². The Kier molecular flexibility index (Phi) is 4.49. The molecule has 2 N–H and O–H groups in total. The van der Waals surface area contributed by atoms with Crippen molar-refractivity contribution in [3.05, 3.63) is 34.9 Å². The van der Waals surface area contributed by atoms with E-state index in [9.17, 15) is 19.5 Å². The molecule has 1 aromatic rings. The lowest BCUT2D eigenvalue weighted by atomic mass is 10.00. The van der Waals surface area contributed by atoms with Gasteiger partial charge in [0.05, 0.1) is 5.92 Å². The van der Waals surface area contributed by atoms with Crippen molar-refractivity contribution in [2.75, 3.05) is 13.6 Å². The molecule has 1 aliphatic rings. The summed E-state index contributed by atoms with van der Waals surface area (Å²) in [6.45, 7) is 4.08. The zero-order valence-electron chi connectivity index (χ0n) is 12.9. The molecular weight excluding hydrogens is 284 g/mol. The number of nitrogens with zero attached hydrogens (tertiary/aromatic N) is 1. The number of carboxylic acid groups (broad SMARTS) is 1. The number of carbonyl (C=O) groups excluding carboxylic acids is 2. The highest BCUT2D eigenvalue weighted by molar-refractivity contribution is 5.91. The van der Waals surface area contributed by atoms with Crippen molar-refractivity contribution in [3.8, 4) is 0 Å². The smallest absolute Gasteiger partial charge is 0.330 e. The standard InChI is InChI=1S/C16H20N2O4/c1-9-4-10(2)6-11(5-9)14(16(21)22)17-15(20)12-7-13(19)18(3)8-12/h4-6,12,14H,7-8H2,1-3H3,(H,17,20)(H,21,22). The average Bonchev–Trinajstić information content (AvgIpc) is 2.74. The van der Waals surface area contributed by atoms with Gasteiger partial charge in [-0.25, -0.2) is 4.79 Å². The zero-order valence-corrected chi connectivity index (χ0v) is 12.9. The molecule has 2 rings (SSSR count). The lowest BCUT2D eigenvalue weighted by Crippen LogP contribution is -2.38. The number of nitrogens with one attached hydrogen (secondary N) is 1. The highest BCUT2D eigenvalue weighted by Crippen LogP contribution is 2.21. The lowest BCUT2D eigenvalue weighted by molar-refractivity contribution is -0.142. The fourth-order valence-corrected chi connectivity index (χ4v) is 2.76. The molecule has 0 spiro atoms. The fourth-order valence-electron chi connectivity index (χ4n) is 2.76. The van der Waals surface area contributed by atoms with Crippen molar-refractivity contribution in [2.24, 2.45) is 5.92 Å². The van der Waals surface area contributed by atoms with E-state index >= 15 is 0 Å². The second-order valence-corrected chi connectivity index (χ2v) is 5.88. The molecule has 118 valence electrons. The molecule has 2 atom stereocenters. The van der Waals surface area contributed by atoms with Crippen LogP contribution in [0.5, 0.6) is 0 Å². The highest BCUT2D eigenvalue weighted by Gasteiger charge is 2.34. The third-order valence-corrected chi connectivity index (χ3v) is 3.82. The third-order valence-electron chi connectivity index (χ3n) is 3.82. The molecule has 22 heavy (non-hydrogen) atoms. The number of aliphatic carboxylic acids is 1. The number of aryl methyl sites for hydroxylation is 2. The summed E-state index contributed by atoms with van der Waals surface area (Å²) < 4.78 is 0. The van der Waals surface area contributed by atoms with Gasteiger partial charge >= 0.3 is 5.97 Å². The van der Waals surface area contributed by atoms with Gasteiger partial charge < -0.3 is 15.3 Å². The van der Waals surface area contributed by atoms with Gasteiger partial charge in [-0.1, -0.05) is 29.3 Å². The van der Waals surface area contributed by atoms with Crippen LogP contribution in [-0.4, -0.2) is 41.4 Å². The largest absolute Gasteiger partial charge is 0.479 e. The Bertz CT molecular complexity index is 606. The minimum Gasteiger partial charge on any atom is -0.479 e. The number of amides is 2. The number of rotatable bonds is 4. The molecule has 1 aromatic carbocycles. The number of hydrogen-bond acceptors (Lipinski definition) is 3. The Morgan fingerprint density at radius 1 is 1.27 bits per heavy atom. The van der Waals surface area contributed by atoms with Gasteiger partial charge in [0.2, 0.25) is 11.8 Å². The summed E-state index contributed by atoms with van der Waals surface area (Å²) >= 11 is 0. The zero-order chi connectivity index (χ0) is 16.4. The number of likely N-dealkylation sites (tertiary alicyclic amines) is 1. The highest BCUT2D eigenvalue weighted by atomic mass is 16.4. The van der Waals surface area contributed by atoms with Crippen molar-refractivity contribution in [3.63, 3.8) is 0 Å². The van der Waals surface area contributed by atoms with Crippen molar-refractivity contribution in [1.82, 2.24) is 10.2 Å². The Hall–Kier alpha value is -2.37. The van der Waals surface area contributed by atoms with Gasteiger partial charge in [0.25, 0.3) is 0 Å². The Morgan fingerprint density at radius 2 is 1.86 bits per heavy atom. The second-order valence-electron chi connectivity index (χ2n) is 5.88. The summed E-state index contributed by atoms with van der Waals surface area (Å²) in [7, 11) is 1.63. The predicted octanol–water partition coefficient (Wildman–Crippen LogP) is 1.02. The van der Waals surface area contributed by atoms with Gasteiger partial charge in [0.15, 0.2) is 6.04 Å². The fraction of sp³-hybridized carbons (Fsp3) is 0.438. The quantitative estimate of drug-likeness (QED) is 0.869. The van der Waals surface area contributed by atoms with Crippen LogP contribution in [0.3, 0.4) is 0 Å². The van der Waals surface area contributed by atoms with Crippen LogP contribution in [0.1, 0.15) is 29.2 Å². The molecule has 6 nitrogen and oxygen atoms in total. The maximum Gasteiger partial charge on any atom is 0.330 e. The molecule has 2 unspecified atom stereocenters. The summed E-state index contributed by atoms with van der Waals surface area (Å²) in [5.41, 5.74) is 2.41. The molecule has 2 amide bonds. The van der Waals surface area contributed by atoms with E-state index < -0.39 is 23.8 Å². The van der Waals surface area contributed by atoms with E-state index in [1.807, 2.05) is 19.9 Å². The van der Waals surface area contributed by atoms with Crippen molar-refractivity contribution < 1.29 is 19.5 Å². The van der Waals surface area contributed by atoms with E-state index in [0.29, 0.717) is 12.1 Å². The number of carboxylic acids is 1.